The molecule has 2 aromatic heterocycles. The molecule has 0 bridgehead atoms. The van der Waals surface area contributed by atoms with Gasteiger partial charge in [-0.3, -0.25) is 4.98 Å². The van der Waals surface area contributed by atoms with E-state index in [4.69, 9.17) is 23.7 Å². The van der Waals surface area contributed by atoms with Gasteiger partial charge in [-0.2, -0.15) is 0 Å². The highest BCUT2D eigenvalue weighted by atomic mass is 35.5. The molecule has 8 heteroatoms. The van der Waals surface area contributed by atoms with Crippen molar-refractivity contribution < 1.29 is 0 Å². The number of rotatable bonds is 5. The van der Waals surface area contributed by atoms with Crippen LogP contribution in [0.3, 0.4) is 0 Å². The maximum atomic E-state index is 8.75. The van der Waals surface area contributed by atoms with E-state index in [2.05, 4.69) is 42.3 Å². The van der Waals surface area contributed by atoms with Crippen molar-refractivity contribution in [3.63, 3.8) is 0 Å². The van der Waals surface area contributed by atoms with E-state index in [9.17, 15) is 0 Å². The summed E-state index contributed by atoms with van der Waals surface area (Å²) >= 11 is 6.75. The Hall–Kier alpha value is -4.11. The van der Waals surface area contributed by atoms with Crippen LogP contribution in [0.1, 0.15) is 16.8 Å². The fourth-order valence-corrected chi connectivity index (χ4v) is 3.68. The van der Waals surface area contributed by atoms with Crippen molar-refractivity contribution in [3.8, 4) is 11.1 Å². The summed E-state index contributed by atoms with van der Waals surface area (Å²) in [4.78, 5) is 15.0. The Bertz CT molecular complexity index is 1420. The summed E-state index contributed by atoms with van der Waals surface area (Å²) in [6, 6.07) is 15.5. The van der Waals surface area contributed by atoms with Gasteiger partial charge in [0.25, 0.3) is 5.82 Å². The number of nitrogens with zero attached hydrogens (tertiary/aromatic N) is 6. The fourth-order valence-electron chi connectivity index (χ4n) is 3.42. The lowest BCUT2D eigenvalue weighted by molar-refractivity contribution is 0.991. The summed E-state index contributed by atoms with van der Waals surface area (Å²) in [5.74, 6) is 0.346. The fraction of sp³-hybridized carbons (Fsp3) is 0.125. The molecule has 0 atom stereocenters. The molecule has 4 rings (SSSR count). The number of hydrogen-bond donors (Lipinski definition) is 1. The molecule has 2 heterocycles. The first-order valence-corrected chi connectivity index (χ1v) is 10.2. The molecule has 0 aliphatic rings. The molecule has 0 aliphatic carbocycles. The number of halogens is 1. The molecule has 0 radical (unpaired) electrons. The highest BCUT2D eigenvalue weighted by Crippen LogP contribution is 2.38. The molecule has 0 fully saturated rings. The molecular weight excluding hydrogens is 422 g/mol. The average molecular weight is 440 g/mol. The molecule has 0 spiro atoms. The highest BCUT2D eigenvalue weighted by molar-refractivity contribution is 6.35. The first-order valence-electron chi connectivity index (χ1n) is 9.81. The average Bonchev–Trinajstić information content (AvgIpc) is 2.81. The predicted octanol–water partition coefficient (Wildman–Crippen LogP) is 7.67. The Balaban J connectivity index is 1.91. The van der Waals surface area contributed by atoms with Gasteiger partial charge in [-0.1, -0.05) is 47.6 Å². The molecule has 0 amide bonds. The van der Waals surface area contributed by atoms with E-state index < -0.39 is 0 Å². The van der Waals surface area contributed by atoms with Crippen molar-refractivity contribution in [1.29, 1.82) is 0 Å². The summed E-state index contributed by atoms with van der Waals surface area (Å²) in [6.07, 6.45) is 1.68. The number of fused-ring (bicyclic) bond motifs is 1. The van der Waals surface area contributed by atoms with Crippen LogP contribution in [0.25, 0.3) is 37.3 Å². The summed E-state index contributed by atoms with van der Waals surface area (Å²) in [6.45, 7) is 11.2. The zero-order chi connectivity index (χ0) is 22.7. The van der Waals surface area contributed by atoms with E-state index in [0.29, 0.717) is 22.2 Å². The minimum atomic E-state index is 0.0521. The zero-order valence-electron chi connectivity index (χ0n) is 17.5. The van der Waals surface area contributed by atoms with Gasteiger partial charge in [-0.15, -0.1) is 4.98 Å². The third kappa shape index (κ3) is 4.19. The first-order chi connectivity index (χ1) is 15.5. The Morgan fingerprint density at radius 2 is 1.91 bits per heavy atom. The van der Waals surface area contributed by atoms with Crippen LogP contribution in [-0.4, -0.2) is 9.97 Å². The number of azide groups is 1. The minimum Gasteiger partial charge on any atom is -0.361 e. The van der Waals surface area contributed by atoms with Crippen LogP contribution in [0, 0.1) is 20.4 Å². The van der Waals surface area contributed by atoms with Crippen LogP contribution >= 0.6 is 11.6 Å². The van der Waals surface area contributed by atoms with E-state index in [1.165, 1.54) is 0 Å². The molecule has 1 N–H and O–H groups in total. The van der Waals surface area contributed by atoms with E-state index in [-0.39, 0.29) is 6.54 Å². The smallest absolute Gasteiger partial charge is 0.269 e. The second kappa shape index (κ2) is 8.94. The van der Waals surface area contributed by atoms with E-state index in [1.54, 1.807) is 12.3 Å². The molecule has 0 saturated carbocycles. The van der Waals surface area contributed by atoms with Crippen LogP contribution in [-0.2, 0) is 6.54 Å². The lowest BCUT2D eigenvalue weighted by Gasteiger charge is -2.17. The lowest BCUT2D eigenvalue weighted by Crippen LogP contribution is -2.01. The van der Waals surface area contributed by atoms with Crippen molar-refractivity contribution >= 4 is 39.7 Å². The molecule has 0 saturated heterocycles. The Kier molecular flexibility index (Phi) is 5.91. The molecule has 0 aliphatic heterocycles. The number of anilines is 2. The van der Waals surface area contributed by atoms with Crippen molar-refractivity contribution in [3.05, 3.63) is 98.4 Å². The summed E-state index contributed by atoms with van der Waals surface area (Å²) in [5, 5.41) is 8.35. The number of benzene rings is 2. The second-order valence-corrected chi connectivity index (χ2v) is 7.71. The number of aryl methyl sites for hydroxylation is 2. The highest BCUT2D eigenvalue weighted by Gasteiger charge is 2.16. The molecule has 7 nitrogen and oxygen atoms in total. The third-order valence-electron chi connectivity index (χ3n) is 5.13. The van der Waals surface area contributed by atoms with Crippen molar-refractivity contribution in [2.75, 3.05) is 5.32 Å². The third-order valence-corrected chi connectivity index (χ3v) is 5.53. The van der Waals surface area contributed by atoms with Crippen molar-refractivity contribution in [2.45, 2.75) is 20.4 Å². The largest absolute Gasteiger partial charge is 0.361 e. The standard InChI is InChI=1S/C24H18ClN7/c1-14-4-5-15(2)20(10-14)31-24-18-11-16(17-7-9-22(27-3)28-12-17)6-8-19(18)30-21(23(24)25)13-29-32-26/h4-12H,13H2,1-2H3,(H,30,31). The summed E-state index contributed by atoms with van der Waals surface area (Å²) in [7, 11) is 0. The van der Waals surface area contributed by atoms with E-state index in [1.807, 2.05) is 44.2 Å². The van der Waals surface area contributed by atoms with Gasteiger partial charge in [-0.25, -0.2) is 0 Å². The molecule has 156 valence electrons. The monoisotopic (exact) mass is 439 g/mol. The van der Waals surface area contributed by atoms with Crippen molar-refractivity contribution in [2.24, 2.45) is 5.11 Å². The van der Waals surface area contributed by atoms with Gasteiger partial charge in [-0.05, 0) is 60.3 Å². The van der Waals surface area contributed by atoms with Gasteiger partial charge in [0.2, 0.25) is 0 Å². The van der Waals surface area contributed by atoms with Gasteiger partial charge < -0.3 is 10.2 Å². The SMILES string of the molecule is [C-]#[N+]c1ccc(-c2ccc3nc(CN=[N+]=[N-])c(Cl)c(Nc4cc(C)ccc4C)c3c2)cn1. The van der Waals surface area contributed by atoms with Gasteiger partial charge in [0.05, 0.1) is 28.5 Å². The van der Waals surface area contributed by atoms with Crippen LogP contribution < -0.4 is 5.32 Å². The molecular formula is C24H18ClN7. The molecule has 0 unspecified atom stereocenters. The number of hydrogen-bond acceptors (Lipinski definition) is 4. The quantitative estimate of drug-likeness (QED) is 0.149. The first kappa shape index (κ1) is 21.1. The number of aromatic nitrogens is 2. The van der Waals surface area contributed by atoms with Gasteiger partial charge >= 0.3 is 0 Å². The van der Waals surface area contributed by atoms with Crippen LogP contribution in [0.15, 0.2) is 59.8 Å². The molecule has 2 aromatic carbocycles. The van der Waals surface area contributed by atoms with Crippen LogP contribution in [0.2, 0.25) is 5.02 Å². The van der Waals surface area contributed by atoms with Crippen molar-refractivity contribution in [1.82, 2.24) is 9.97 Å². The summed E-state index contributed by atoms with van der Waals surface area (Å²) < 4.78 is 0. The minimum absolute atomic E-state index is 0.0521. The Morgan fingerprint density at radius 1 is 1.09 bits per heavy atom. The molecule has 4 aromatic rings. The van der Waals surface area contributed by atoms with Gasteiger partial charge in [0.1, 0.15) is 6.20 Å². The maximum Gasteiger partial charge on any atom is 0.269 e. The topological polar surface area (TPSA) is 90.9 Å². The van der Waals surface area contributed by atoms with Crippen LogP contribution in [0.5, 0.6) is 0 Å². The normalized spacial score (nSPS) is 10.4. The van der Waals surface area contributed by atoms with E-state index in [0.717, 1.165) is 38.8 Å². The predicted molar refractivity (Wildman–Crippen MR) is 128 cm³/mol. The maximum absolute atomic E-state index is 8.75. The van der Waals surface area contributed by atoms with Gasteiger partial charge in [0, 0.05) is 21.5 Å². The van der Waals surface area contributed by atoms with Crippen LogP contribution in [0.4, 0.5) is 17.2 Å². The lowest BCUT2D eigenvalue weighted by atomic mass is 10.0. The number of pyridine rings is 2. The Labute approximate surface area is 190 Å². The zero-order valence-corrected chi connectivity index (χ0v) is 18.2. The van der Waals surface area contributed by atoms with E-state index >= 15 is 0 Å². The Morgan fingerprint density at radius 3 is 2.62 bits per heavy atom. The van der Waals surface area contributed by atoms with Gasteiger partial charge in [0.15, 0.2) is 0 Å². The second-order valence-electron chi connectivity index (χ2n) is 7.33. The number of nitrogens with one attached hydrogen (secondary N) is 1. The summed E-state index contributed by atoms with van der Waals surface area (Å²) in [5.41, 5.74) is 15.6. The molecule has 32 heavy (non-hydrogen) atoms.